The number of hydrogen-bond donors (Lipinski definition) is 2. The lowest BCUT2D eigenvalue weighted by Crippen LogP contribution is -2.45. The molecule has 2 amide bonds. The molecule has 0 saturated heterocycles. The second-order valence-electron chi connectivity index (χ2n) is 6.09. The summed E-state index contributed by atoms with van der Waals surface area (Å²) in [4.78, 5) is 23.6. The maximum Gasteiger partial charge on any atom is 0.276 e. The van der Waals surface area contributed by atoms with Crippen LogP contribution < -0.4 is 20.3 Å². The van der Waals surface area contributed by atoms with E-state index in [1.165, 1.54) is 0 Å². The summed E-state index contributed by atoms with van der Waals surface area (Å²) in [7, 11) is 0. The fraction of sp³-hybridized carbons (Fsp3) is 0.143. The minimum atomic E-state index is -0.473. The standard InChI is InChI=1S/C21H19BrN2O4/c1-14-10-17(8-9-19(14)22)27-12-20(25)23-24-21(26)13-28-18-7-6-15-4-2-3-5-16(15)11-18/h2-11H,12-13H2,1H3,(H,23,25)(H,24,26). The van der Waals surface area contributed by atoms with Crippen molar-refractivity contribution in [3.63, 3.8) is 0 Å². The van der Waals surface area contributed by atoms with Gasteiger partial charge in [0.2, 0.25) is 0 Å². The predicted molar refractivity (Wildman–Crippen MR) is 110 cm³/mol. The van der Waals surface area contributed by atoms with E-state index in [1.54, 1.807) is 12.1 Å². The summed E-state index contributed by atoms with van der Waals surface area (Å²) in [6.07, 6.45) is 0. The molecule has 3 aromatic carbocycles. The van der Waals surface area contributed by atoms with Crippen molar-refractivity contribution in [3.8, 4) is 11.5 Å². The number of halogens is 1. The quantitative estimate of drug-likeness (QED) is 0.572. The Morgan fingerprint density at radius 3 is 2.04 bits per heavy atom. The maximum absolute atomic E-state index is 11.8. The fourth-order valence-corrected chi connectivity index (χ4v) is 2.72. The summed E-state index contributed by atoms with van der Waals surface area (Å²) in [6.45, 7) is 1.49. The average Bonchev–Trinajstić information content (AvgIpc) is 2.71. The van der Waals surface area contributed by atoms with Crippen molar-refractivity contribution in [2.24, 2.45) is 0 Å². The van der Waals surface area contributed by atoms with Gasteiger partial charge in [0, 0.05) is 4.47 Å². The molecule has 28 heavy (non-hydrogen) atoms. The highest BCUT2D eigenvalue weighted by atomic mass is 79.9. The van der Waals surface area contributed by atoms with Crippen molar-refractivity contribution in [1.82, 2.24) is 10.9 Å². The first-order chi connectivity index (χ1) is 13.5. The number of carbonyl (C=O) groups is 2. The molecule has 0 aliphatic rings. The Hall–Kier alpha value is -3.06. The number of hydrazine groups is 1. The lowest BCUT2D eigenvalue weighted by Gasteiger charge is -2.10. The largest absolute Gasteiger partial charge is 0.484 e. The van der Waals surface area contributed by atoms with Crippen LogP contribution in [0.4, 0.5) is 0 Å². The SMILES string of the molecule is Cc1cc(OCC(=O)NNC(=O)COc2ccc3ccccc3c2)ccc1Br. The van der Waals surface area contributed by atoms with E-state index in [9.17, 15) is 9.59 Å². The van der Waals surface area contributed by atoms with E-state index in [-0.39, 0.29) is 13.2 Å². The van der Waals surface area contributed by atoms with Gasteiger partial charge in [0.25, 0.3) is 11.8 Å². The van der Waals surface area contributed by atoms with Crippen LogP contribution in [0.2, 0.25) is 0 Å². The number of benzene rings is 3. The zero-order valence-electron chi connectivity index (χ0n) is 15.2. The summed E-state index contributed by atoms with van der Waals surface area (Å²) >= 11 is 3.40. The Kier molecular flexibility index (Phi) is 6.49. The van der Waals surface area contributed by atoms with Crippen LogP contribution in [0.5, 0.6) is 11.5 Å². The van der Waals surface area contributed by atoms with Gasteiger partial charge in [0.05, 0.1) is 0 Å². The number of hydrogen-bond acceptors (Lipinski definition) is 4. The van der Waals surface area contributed by atoms with Gasteiger partial charge in [-0.15, -0.1) is 0 Å². The molecule has 0 aliphatic carbocycles. The van der Waals surface area contributed by atoms with Gasteiger partial charge in [0.15, 0.2) is 13.2 Å². The van der Waals surface area contributed by atoms with Gasteiger partial charge in [-0.1, -0.05) is 46.3 Å². The van der Waals surface area contributed by atoms with Gasteiger partial charge in [0.1, 0.15) is 11.5 Å². The summed E-state index contributed by atoms with van der Waals surface area (Å²) in [6, 6.07) is 18.8. The Morgan fingerprint density at radius 2 is 1.39 bits per heavy atom. The molecule has 0 heterocycles. The number of ether oxygens (including phenoxy) is 2. The number of nitrogens with one attached hydrogen (secondary N) is 2. The topological polar surface area (TPSA) is 76.7 Å². The molecular formula is C21H19BrN2O4. The van der Waals surface area contributed by atoms with E-state index in [2.05, 4.69) is 26.8 Å². The molecule has 0 bridgehead atoms. The van der Waals surface area contributed by atoms with E-state index < -0.39 is 11.8 Å². The molecule has 7 heteroatoms. The van der Waals surface area contributed by atoms with Crippen molar-refractivity contribution >= 4 is 38.5 Å². The van der Waals surface area contributed by atoms with E-state index in [4.69, 9.17) is 9.47 Å². The molecule has 0 unspecified atom stereocenters. The van der Waals surface area contributed by atoms with Crippen LogP contribution in [0.15, 0.2) is 65.1 Å². The highest BCUT2D eigenvalue weighted by Crippen LogP contribution is 2.21. The van der Waals surface area contributed by atoms with Crippen LogP contribution in [0, 0.1) is 6.92 Å². The van der Waals surface area contributed by atoms with Gasteiger partial charge in [-0.3, -0.25) is 20.4 Å². The van der Waals surface area contributed by atoms with Crippen molar-refractivity contribution in [2.75, 3.05) is 13.2 Å². The second-order valence-corrected chi connectivity index (χ2v) is 6.95. The molecule has 0 saturated carbocycles. The van der Waals surface area contributed by atoms with E-state index in [1.807, 2.05) is 55.5 Å². The predicted octanol–water partition coefficient (Wildman–Crippen LogP) is 3.52. The van der Waals surface area contributed by atoms with Crippen molar-refractivity contribution in [2.45, 2.75) is 6.92 Å². The van der Waals surface area contributed by atoms with Crippen LogP contribution >= 0.6 is 15.9 Å². The Bertz CT molecular complexity index is 1010. The molecule has 144 valence electrons. The lowest BCUT2D eigenvalue weighted by molar-refractivity contribution is -0.131. The lowest BCUT2D eigenvalue weighted by atomic mass is 10.1. The highest BCUT2D eigenvalue weighted by molar-refractivity contribution is 9.10. The number of aryl methyl sites for hydroxylation is 1. The van der Waals surface area contributed by atoms with Crippen LogP contribution in [0.25, 0.3) is 10.8 Å². The van der Waals surface area contributed by atoms with Crippen LogP contribution in [0.3, 0.4) is 0 Å². The Morgan fingerprint density at radius 1 is 0.821 bits per heavy atom. The third-order valence-corrected chi connectivity index (χ3v) is 4.82. The number of amides is 2. The fourth-order valence-electron chi connectivity index (χ4n) is 2.47. The maximum atomic E-state index is 11.8. The normalized spacial score (nSPS) is 10.4. The van der Waals surface area contributed by atoms with Crippen LogP contribution in [-0.2, 0) is 9.59 Å². The van der Waals surface area contributed by atoms with E-state index in [0.29, 0.717) is 11.5 Å². The molecule has 0 radical (unpaired) electrons. The highest BCUT2D eigenvalue weighted by Gasteiger charge is 2.07. The third kappa shape index (κ3) is 5.47. The minimum absolute atomic E-state index is 0.215. The molecule has 0 fully saturated rings. The van der Waals surface area contributed by atoms with Gasteiger partial charge < -0.3 is 9.47 Å². The van der Waals surface area contributed by atoms with Gasteiger partial charge in [-0.2, -0.15) is 0 Å². The Balaban J connectivity index is 1.40. The van der Waals surface area contributed by atoms with E-state index >= 15 is 0 Å². The smallest absolute Gasteiger partial charge is 0.276 e. The summed E-state index contributed by atoms with van der Waals surface area (Å²) in [5.74, 6) is 0.205. The van der Waals surface area contributed by atoms with Crippen LogP contribution in [-0.4, -0.2) is 25.0 Å². The average molecular weight is 443 g/mol. The second kappa shape index (κ2) is 9.23. The van der Waals surface area contributed by atoms with Crippen molar-refractivity contribution < 1.29 is 19.1 Å². The minimum Gasteiger partial charge on any atom is -0.484 e. The molecule has 3 aromatic rings. The van der Waals surface area contributed by atoms with Crippen molar-refractivity contribution in [1.29, 1.82) is 0 Å². The monoisotopic (exact) mass is 442 g/mol. The molecule has 0 atom stereocenters. The molecule has 6 nitrogen and oxygen atoms in total. The number of rotatable bonds is 6. The first-order valence-corrected chi connectivity index (χ1v) is 9.39. The molecule has 0 spiro atoms. The molecular weight excluding hydrogens is 424 g/mol. The Labute approximate surface area is 170 Å². The summed E-state index contributed by atoms with van der Waals surface area (Å²) < 4.78 is 11.8. The summed E-state index contributed by atoms with van der Waals surface area (Å²) in [5, 5.41) is 2.11. The molecule has 0 aromatic heterocycles. The summed E-state index contributed by atoms with van der Waals surface area (Å²) in [5.41, 5.74) is 5.58. The molecule has 2 N–H and O–H groups in total. The molecule has 3 rings (SSSR count). The number of carbonyl (C=O) groups excluding carboxylic acids is 2. The van der Waals surface area contributed by atoms with Crippen molar-refractivity contribution in [3.05, 3.63) is 70.7 Å². The van der Waals surface area contributed by atoms with Crippen LogP contribution in [0.1, 0.15) is 5.56 Å². The number of fused-ring (bicyclic) bond motifs is 1. The zero-order chi connectivity index (χ0) is 19.9. The molecule has 0 aliphatic heterocycles. The van der Waals surface area contributed by atoms with E-state index in [0.717, 1.165) is 20.8 Å². The third-order valence-electron chi connectivity index (χ3n) is 3.93. The van der Waals surface area contributed by atoms with Gasteiger partial charge in [-0.05, 0) is 53.6 Å². The first kappa shape index (κ1) is 19.7. The van der Waals surface area contributed by atoms with Gasteiger partial charge >= 0.3 is 0 Å². The zero-order valence-corrected chi connectivity index (χ0v) is 16.8. The van der Waals surface area contributed by atoms with Gasteiger partial charge in [-0.25, -0.2) is 0 Å². The first-order valence-electron chi connectivity index (χ1n) is 8.59.